The van der Waals surface area contributed by atoms with Crippen molar-refractivity contribution in [1.82, 2.24) is 4.57 Å². The number of thiazole rings is 1. The molecule has 0 aliphatic carbocycles. The van der Waals surface area contributed by atoms with Gasteiger partial charge in [-0.3, -0.25) is 4.55 Å². The van der Waals surface area contributed by atoms with E-state index in [2.05, 4.69) is 4.99 Å². The summed E-state index contributed by atoms with van der Waals surface area (Å²) >= 11 is 13.7. The van der Waals surface area contributed by atoms with E-state index < -0.39 is 10.1 Å². The van der Waals surface area contributed by atoms with Crippen LogP contribution in [0.3, 0.4) is 0 Å². The average Bonchev–Trinajstić information content (AvgIpc) is 2.97. The predicted octanol–water partition coefficient (Wildman–Crippen LogP) is 5.02. The molecule has 0 unspecified atom stereocenters. The maximum atomic E-state index is 11.1. The van der Waals surface area contributed by atoms with Crippen molar-refractivity contribution in [3.05, 3.63) is 62.7 Å². The van der Waals surface area contributed by atoms with Gasteiger partial charge in [0.25, 0.3) is 10.1 Å². The first-order chi connectivity index (χ1) is 12.3. The van der Waals surface area contributed by atoms with Crippen molar-refractivity contribution >= 4 is 50.3 Å². The van der Waals surface area contributed by atoms with Crippen molar-refractivity contribution in [1.29, 1.82) is 0 Å². The van der Waals surface area contributed by atoms with Crippen molar-refractivity contribution in [3.63, 3.8) is 0 Å². The molecule has 0 atom stereocenters. The van der Waals surface area contributed by atoms with Gasteiger partial charge >= 0.3 is 0 Å². The smallest absolute Gasteiger partial charge is 0.294 e. The monoisotopic (exact) mass is 428 g/mol. The van der Waals surface area contributed by atoms with Gasteiger partial charge in [0.15, 0.2) is 4.80 Å². The average molecular weight is 429 g/mol. The minimum atomic E-state index is -4.22. The fourth-order valence-electron chi connectivity index (χ4n) is 2.44. The van der Waals surface area contributed by atoms with Gasteiger partial charge < -0.3 is 4.57 Å². The number of hydrogen-bond acceptors (Lipinski definition) is 4. The normalized spacial score (nSPS) is 12.5. The summed E-state index contributed by atoms with van der Waals surface area (Å²) in [6.07, 6.45) is 0. The van der Waals surface area contributed by atoms with E-state index in [-0.39, 0.29) is 4.90 Å². The van der Waals surface area contributed by atoms with Gasteiger partial charge in [0.05, 0.1) is 21.3 Å². The molecule has 1 N–H and O–H groups in total. The number of nitrogens with zero attached hydrogens (tertiary/aromatic N) is 2. The Morgan fingerprint density at radius 1 is 1.15 bits per heavy atom. The van der Waals surface area contributed by atoms with Crippen LogP contribution in [0.1, 0.15) is 6.92 Å². The van der Waals surface area contributed by atoms with E-state index in [4.69, 9.17) is 27.8 Å². The molecule has 0 radical (unpaired) electrons. The lowest BCUT2D eigenvalue weighted by atomic mass is 10.2. The van der Waals surface area contributed by atoms with Gasteiger partial charge in [0.1, 0.15) is 0 Å². The lowest BCUT2D eigenvalue weighted by Crippen LogP contribution is -2.14. The van der Waals surface area contributed by atoms with Crippen LogP contribution in [0.25, 0.3) is 11.3 Å². The molecular formula is C17H14Cl2N2O3S2. The Labute approximate surface area is 164 Å². The second kappa shape index (κ2) is 7.54. The zero-order chi connectivity index (χ0) is 18.9. The van der Waals surface area contributed by atoms with Crippen molar-refractivity contribution < 1.29 is 13.0 Å². The maximum absolute atomic E-state index is 11.1. The SMILES string of the molecule is CCn1c(-c2ccc(Cl)cc2Cl)csc1=Nc1ccc(S(=O)(=O)O)cc1. The summed E-state index contributed by atoms with van der Waals surface area (Å²) in [6, 6.07) is 11.1. The van der Waals surface area contributed by atoms with Gasteiger partial charge in [0.2, 0.25) is 0 Å². The number of benzene rings is 2. The topological polar surface area (TPSA) is 71.7 Å². The first-order valence-electron chi connectivity index (χ1n) is 7.55. The lowest BCUT2D eigenvalue weighted by Gasteiger charge is -2.08. The fourth-order valence-corrected chi connectivity index (χ4v) is 4.41. The zero-order valence-electron chi connectivity index (χ0n) is 13.6. The molecule has 0 aliphatic heterocycles. The third kappa shape index (κ3) is 4.02. The van der Waals surface area contributed by atoms with E-state index in [1.807, 2.05) is 22.9 Å². The van der Waals surface area contributed by atoms with Gasteiger partial charge in [-0.05, 0) is 49.4 Å². The minimum absolute atomic E-state index is 0.167. The number of aromatic nitrogens is 1. The molecule has 5 nitrogen and oxygen atoms in total. The molecular weight excluding hydrogens is 415 g/mol. The van der Waals surface area contributed by atoms with Gasteiger partial charge in [-0.2, -0.15) is 8.42 Å². The van der Waals surface area contributed by atoms with E-state index in [1.54, 1.807) is 12.1 Å². The molecule has 0 bridgehead atoms. The molecule has 1 heterocycles. The summed E-state index contributed by atoms with van der Waals surface area (Å²) in [5, 5.41) is 3.09. The van der Waals surface area contributed by atoms with Gasteiger partial charge in [-0.25, -0.2) is 4.99 Å². The van der Waals surface area contributed by atoms with Crippen LogP contribution >= 0.6 is 34.5 Å². The molecule has 136 valence electrons. The fraction of sp³-hybridized carbons (Fsp3) is 0.118. The van der Waals surface area contributed by atoms with E-state index in [1.165, 1.54) is 35.6 Å². The van der Waals surface area contributed by atoms with Crippen LogP contribution in [0.15, 0.2) is 57.7 Å². The number of halogens is 2. The lowest BCUT2D eigenvalue weighted by molar-refractivity contribution is 0.483. The zero-order valence-corrected chi connectivity index (χ0v) is 16.7. The van der Waals surface area contributed by atoms with Crippen molar-refractivity contribution in [2.75, 3.05) is 0 Å². The van der Waals surface area contributed by atoms with Gasteiger partial charge in [-0.15, -0.1) is 11.3 Å². The highest BCUT2D eigenvalue weighted by Crippen LogP contribution is 2.30. The Hall–Kier alpha value is -1.64. The van der Waals surface area contributed by atoms with Crippen LogP contribution in [0.2, 0.25) is 10.0 Å². The number of hydrogen-bond donors (Lipinski definition) is 1. The van der Waals surface area contributed by atoms with Crippen LogP contribution < -0.4 is 4.80 Å². The second-order valence-electron chi connectivity index (χ2n) is 5.35. The number of rotatable bonds is 4. The highest BCUT2D eigenvalue weighted by Gasteiger charge is 2.11. The van der Waals surface area contributed by atoms with E-state index in [9.17, 15) is 8.42 Å². The minimum Gasteiger partial charge on any atom is -0.317 e. The van der Waals surface area contributed by atoms with Crippen molar-refractivity contribution in [2.24, 2.45) is 4.99 Å². The molecule has 26 heavy (non-hydrogen) atoms. The van der Waals surface area contributed by atoms with Crippen molar-refractivity contribution in [3.8, 4) is 11.3 Å². The summed E-state index contributed by atoms with van der Waals surface area (Å²) in [5.41, 5.74) is 2.36. The Kier molecular flexibility index (Phi) is 5.55. The Balaban J connectivity index is 2.07. The van der Waals surface area contributed by atoms with E-state index >= 15 is 0 Å². The first-order valence-corrected chi connectivity index (χ1v) is 10.6. The molecule has 0 aliphatic rings. The molecule has 1 aromatic heterocycles. The Morgan fingerprint density at radius 2 is 1.85 bits per heavy atom. The van der Waals surface area contributed by atoms with Crippen LogP contribution in [-0.2, 0) is 16.7 Å². The highest BCUT2D eigenvalue weighted by atomic mass is 35.5. The summed E-state index contributed by atoms with van der Waals surface area (Å²) in [4.78, 5) is 5.14. The molecule has 0 saturated heterocycles. The summed E-state index contributed by atoms with van der Waals surface area (Å²) in [5.74, 6) is 0. The molecule has 0 amide bonds. The summed E-state index contributed by atoms with van der Waals surface area (Å²) < 4.78 is 33.3. The summed E-state index contributed by atoms with van der Waals surface area (Å²) in [6.45, 7) is 2.68. The molecule has 3 aromatic rings. The second-order valence-corrected chi connectivity index (χ2v) is 8.45. The van der Waals surface area contributed by atoms with Crippen molar-refractivity contribution in [2.45, 2.75) is 18.4 Å². The van der Waals surface area contributed by atoms with E-state index in [0.717, 1.165) is 16.1 Å². The van der Waals surface area contributed by atoms with Crippen LogP contribution in [0.5, 0.6) is 0 Å². The molecule has 0 spiro atoms. The van der Waals surface area contributed by atoms with Crippen LogP contribution in [0, 0.1) is 0 Å². The molecule has 0 fully saturated rings. The Bertz CT molecular complexity index is 1120. The van der Waals surface area contributed by atoms with Crippen LogP contribution in [-0.4, -0.2) is 17.5 Å². The molecule has 2 aromatic carbocycles. The summed E-state index contributed by atoms with van der Waals surface area (Å²) in [7, 11) is -4.22. The third-order valence-electron chi connectivity index (χ3n) is 3.68. The largest absolute Gasteiger partial charge is 0.317 e. The third-order valence-corrected chi connectivity index (χ3v) is 5.96. The van der Waals surface area contributed by atoms with E-state index in [0.29, 0.717) is 22.3 Å². The molecule has 0 saturated carbocycles. The van der Waals surface area contributed by atoms with Gasteiger partial charge in [-0.1, -0.05) is 23.2 Å². The molecule has 3 rings (SSSR count). The molecule has 9 heteroatoms. The van der Waals surface area contributed by atoms with Crippen LogP contribution in [0.4, 0.5) is 5.69 Å². The standard InChI is InChI=1S/C17H14Cl2N2O3S2/c1-2-21-16(14-8-3-11(18)9-15(14)19)10-25-17(21)20-12-4-6-13(7-5-12)26(22,23)24/h3-10H,2H2,1H3,(H,22,23,24). The predicted molar refractivity (Wildman–Crippen MR) is 105 cm³/mol. The van der Waals surface area contributed by atoms with Gasteiger partial charge in [0, 0.05) is 22.5 Å². The highest BCUT2D eigenvalue weighted by molar-refractivity contribution is 7.85. The quantitative estimate of drug-likeness (QED) is 0.592. The first kappa shape index (κ1) is 19.1. The maximum Gasteiger partial charge on any atom is 0.294 e. The Morgan fingerprint density at radius 3 is 2.42 bits per heavy atom.